The van der Waals surface area contributed by atoms with Gasteiger partial charge < -0.3 is 4.90 Å². The summed E-state index contributed by atoms with van der Waals surface area (Å²) in [5, 5.41) is 5.67. The van der Waals surface area contributed by atoms with Gasteiger partial charge in [0.15, 0.2) is 0 Å². The van der Waals surface area contributed by atoms with E-state index in [1.165, 1.54) is 22.9 Å². The van der Waals surface area contributed by atoms with Gasteiger partial charge in [-0.3, -0.25) is 9.80 Å². The molecule has 0 N–H and O–H groups in total. The summed E-state index contributed by atoms with van der Waals surface area (Å²) in [6.45, 7) is 1.85. The van der Waals surface area contributed by atoms with Gasteiger partial charge in [-0.15, -0.1) is 0 Å². The highest BCUT2D eigenvalue weighted by Crippen LogP contribution is 2.37. The minimum atomic E-state index is -4.43. The van der Waals surface area contributed by atoms with Crippen LogP contribution in [-0.4, -0.2) is 30.2 Å². The van der Waals surface area contributed by atoms with Crippen molar-refractivity contribution >= 4 is 33.4 Å². The highest BCUT2D eigenvalue weighted by molar-refractivity contribution is 9.10. The maximum atomic E-state index is 12.9. The first-order valence-electron chi connectivity index (χ1n) is 6.16. The Balaban J connectivity index is 2.30. The van der Waals surface area contributed by atoms with Crippen LogP contribution < -0.4 is 5.01 Å². The topological polar surface area (TPSA) is 35.9 Å². The fraction of sp³-hybridized carbons (Fsp3) is 0.385. The van der Waals surface area contributed by atoms with E-state index in [9.17, 15) is 18.0 Å². The van der Waals surface area contributed by atoms with Gasteiger partial charge in [0.2, 0.25) is 5.91 Å². The van der Waals surface area contributed by atoms with E-state index in [0.717, 1.165) is 6.07 Å². The zero-order chi connectivity index (χ0) is 15.8. The van der Waals surface area contributed by atoms with Gasteiger partial charge in [0, 0.05) is 31.4 Å². The van der Waals surface area contributed by atoms with Crippen LogP contribution in [0.15, 0.2) is 27.8 Å². The first kappa shape index (κ1) is 15.8. The fourth-order valence-electron chi connectivity index (χ4n) is 1.94. The molecule has 0 aromatic heterocycles. The molecule has 0 fully saturated rings. The number of carbonyl (C=O) groups is 1. The molecule has 0 atom stereocenters. The van der Waals surface area contributed by atoms with Crippen molar-refractivity contribution in [1.82, 2.24) is 4.90 Å². The number of halogens is 4. The Bertz CT molecular complexity index is 601. The summed E-state index contributed by atoms with van der Waals surface area (Å²) >= 11 is 2.90. The maximum Gasteiger partial charge on any atom is 0.417 e. The summed E-state index contributed by atoms with van der Waals surface area (Å²) in [6, 6.07) is 3.95. The highest BCUT2D eigenvalue weighted by atomic mass is 79.9. The molecule has 0 saturated heterocycles. The molecule has 0 unspecified atom stereocenters. The zero-order valence-electron chi connectivity index (χ0n) is 11.4. The quantitative estimate of drug-likeness (QED) is 0.765. The number of amidine groups is 1. The summed E-state index contributed by atoms with van der Waals surface area (Å²) in [4.78, 5) is 12.7. The molecule has 0 spiro atoms. The molecular weight excluding hydrogens is 351 g/mol. The summed E-state index contributed by atoms with van der Waals surface area (Å²) in [5.41, 5.74) is -0.402. The SMILES string of the molecule is CC(=O)N(C)C1=NN(c2ccc(Br)c(C(F)(F)F)c2)CC1. The van der Waals surface area contributed by atoms with Gasteiger partial charge in [-0.1, -0.05) is 15.9 Å². The Morgan fingerprint density at radius 1 is 1.43 bits per heavy atom. The van der Waals surface area contributed by atoms with Gasteiger partial charge in [-0.2, -0.15) is 18.3 Å². The number of carbonyl (C=O) groups excluding carboxylic acids is 1. The number of benzene rings is 1. The minimum Gasteiger partial charge on any atom is -0.302 e. The van der Waals surface area contributed by atoms with Crippen molar-refractivity contribution < 1.29 is 18.0 Å². The van der Waals surface area contributed by atoms with E-state index in [-0.39, 0.29) is 10.4 Å². The van der Waals surface area contributed by atoms with Crippen LogP contribution in [0.4, 0.5) is 18.9 Å². The van der Waals surface area contributed by atoms with Gasteiger partial charge in [-0.05, 0) is 18.2 Å². The van der Waals surface area contributed by atoms with Crippen molar-refractivity contribution in [2.75, 3.05) is 18.6 Å². The smallest absolute Gasteiger partial charge is 0.302 e. The molecule has 1 aliphatic rings. The average molecular weight is 364 g/mol. The lowest BCUT2D eigenvalue weighted by molar-refractivity contribution is -0.138. The van der Waals surface area contributed by atoms with Crippen molar-refractivity contribution in [2.24, 2.45) is 5.10 Å². The normalized spacial score (nSPS) is 15.1. The third-order valence-corrected chi connectivity index (χ3v) is 3.89. The summed E-state index contributed by atoms with van der Waals surface area (Å²) < 4.78 is 38.7. The van der Waals surface area contributed by atoms with E-state index in [2.05, 4.69) is 21.0 Å². The van der Waals surface area contributed by atoms with Crippen molar-refractivity contribution in [3.05, 3.63) is 28.2 Å². The third-order valence-electron chi connectivity index (χ3n) is 3.20. The lowest BCUT2D eigenvalue weighted by Crippen LogP contribution is -2.29. The van der Waals surface area contributed by atoms with Crippen LogP contribution in [0.2, 0.25) is 0 Å². The number of nitrogens with zero attached hydrogens (tertiary/aromatic N) is 3. The van der Waals surface area contributed by atoms with Crippen molar-refractivity contribution in [2.45, 2.75) is 19.5 Å². The van der Waals surface area contributed by atoms with E-state index >= 15 is 0 Å². The van der Waals surface area contributed by atoms with Crippen LogP contribution in [0.5, 0.6) is 0 Å². The van der Waals surface area contributed by atoms with E-state index in [1.54, 1.807) is 13.1 Å². The zero-order valence-corrected chi connectivity index (χ0v) is 13.0. The lowest BCUT2D eigenvalue weighted by Gasteiger charge is -2.17. The van der Waals surface area contributed by atoms with Crippen LogP contribution in [0.25, 0.3) is 0 Å². The Morgan fingerprint density at radius 3 is 2.67 bits per heavy atom. The Labute approximate surface area is 128 Å². The van der Waals surface area contributed by atoms with E-state index in [0.29, 0.717) is 24.5 Å². The second-order valence-corrected chi connectivity index (χ2v) is 5.48. The van der Waals surface area contributed by atoms with Crippen molar-refractivity contribution in [1.29, 1.82) is 0 Å². The number of hydrazone groups is 1. The number of anilines is 1. The molecule has 0 bridgehead atoms. The molecule has 1 aromatic carbocycles. The lowest BCUT2D eigenvalue weighted by atomic mass is 10.2. The number of rotatable bonds is 1. The Morgan fingerprint density at radius 2 is 2.10 bits per heavy atom. The van der Waals surface area contributed by atoms with Gasteiger partial charge in [0.05, 0.1) is 11.3 Å². The van der Waals surface area contributed by atoms with E-state index in [4.69, 9.17) is 0 Å². The van der Waals surface area contributed by atoms with E-state index in [1.807, 2.05) is 0 Å². The first-order chi connectivity index (χ1) is 9.70. The minimum absolute atomic E-state index is 0.0111. The molecule has 8 heteroatoms. The van der Waals surface area contributed by atoms with Gasteiger partial charge in [0.1, 0.15) is 5.84 Å². The number of amides is 1. The number of alkyl halides is 3. The second kappa shape index (κ2) is 5.67. The Kier molecular flexibility index (Phi) is 4.27. The first-order valence-corrected chi connectivity index (χ1v) is 6.95. The average Bonchev–Trinajstić information content (AvgIpc) is 2.86. The van der Waals surface area contributed by atoms with Gasteiger partial charge in [-0.25, -0.2) is 0 Å². The second-order valence-electron chi connectivity index (χ2n) is 4.63. The molecule has 1 amide bonds. The standard InChI is InChI=1S/C13H13BrF3N3O/c1-8(21)19(2)12-5-6-20(18-12)9-3-4-11(14)10(7-9)13(15,16)17/h3-4,7H,5-6H2,1-2H3. The summed E-state index contributed by atoms with van der Waals surface area (Å²) in [6.07, 6.45) is -3.93. The highest BCUT2D eigenvalue weighted by Gasteiger charge is 2.34. The molecule has 1 heterocycles. The molecule has 114 valence electrons. The van der Waals surface area contributed by atoms with Crippen molar-refractivity contribution in [3.8, 4) is 0 Å². The van der Waals surface area contributed by atoms with E-state index < -0.39 is 11.7 Å². The fourth-order valence-corrected chi connectivity index (χ4v) is 2.41. The van der Waals surface area contributed by atoms with Crippen molar-refractivity contribution in [3.63, 3.8) is 0 Å². The predicted octanol–water partition coefficient (Wildman–Crippen LogP) is 3.47. The molecule has 4 nitrogen and oxygen atoms in total. The summed E-state index contributed by atoms with van der Waals surface area (Å²) in [7, 11) is 1.59. The number of hydrogen-bond donors (Lipinski definition) is 0. The molecular formula is C13H13BrF3N3O. The molecule has 1 aliphatic heterocycles. The van der Waals surface area contributed by atoms with Crippen LogP contribution >= 0.6 is 15.9 Å². The predicted molar refractivity (Wildman–Crippen MR) is 77.0 cm³/mol. The molecule has 0 radical (unpaired) electrons. The maximum absolute atomic E-state index is 12.9. The molecule has 0 aliphatic carbocycles. The van der Waals surface area contributed by atoms with Crippen LogP contribution in [0.3, 0.4) is 0 Å². The summed E-state index contributed by atoms with van der Waals surface area (Å²) in [5.74, 6) is 0.376. The molecule has 2 rings (SSSR count). The van der Waals surface area contributed by atoms with Gasteiger partial charge >= 0.3 is 6.18 Å². The largest absolute Gasteiger partial charge is 0.417 e. The molecule has 1 aromatic rings. The molecule has 0 saturated carbocycles. The Hall–Kier alpha value is -1.57. The van der Waals surface area contributed by atoms with Crippen LogP contribution in [0.1, 0.15) is 18.9 Å². The van der Waals surface area contributed by atoms with Gasteiger partial charge in [0.25, 0.3) is 0 Å². The monoisotopic (exact) mass is 363 g/mol. The van der Waals surface area contributed by atoms with Crippen LogP contribution in [0, 0.1) is 0 Å². The number of hydrogen-bond acceptors (Lipinski definition) is 3. The van der Waals surface area contributed by atoms with Crippen LogP contribution in [-0.2, 0) is 11.0 Å². The molecule has 21 heavy (non-hydrogen) atoms. The third kappa shape index (κ3) is 3.37.